The molecule has 0 aromatic heterocycles. The van der Waals surface area contributed by atoms with Crippen LogP contribution in [0, 0.1) is 0 Å². The molecule has 1 rings (SSSR count). The van der Waals surface area contributed by atoms with Gasteiger partial charge in [0.2, 0.25) is 0 Å². The smallest absolute Gasteiger partial charge is 0.341 e. The number of aliphatic carboxylic acids is 1. The number of hydrogen-bond acceptors (Lipinski definition) is 6. The number of aliphatic hydroxyl groups is 1. The van der Waals surface area contributed by atoms with Crippen molar-refractivity contribution in [2.45, 2.75) is 60.5 Å². The van der Waals surface area contributed by atoms with Gasteiger partial charge >= 0.3 is 11.9 Å². The van der Waals surface area contributed by atoms with E-state index >= 15 is 0 Å². The third-order valence-corrected chi connectivity index (χ3v) is 2.20. The highest BCUT2D eigenvalue weighted by Crippen LogP contribution is 2.27. The Bertz CT molecular complexity index is 565. The molecule has 0 aliphatic rings. The van der Waals surface area contributed by atoms with Gasteiger partial charge in [-0.3, -0.25) is 9.59 Å². The van der Waals surface area contributed by atoms with Crippen molar-refractivity contribution in [3.05, 3.63) is 29.8 Å². The molecule has 1 unspecified atom stereocenters. The molecule has 1 atom stereocenters. The number of rotatable bonds is 6. The van der Waals surface area contributed by atoms with Gasteiger partial charge in [0.1, 0.15) is 6.29 Å². The molecule has 3 N–H and O–H groups in total. The molecule has 0 aliphatic heterocycles. The van der Waals surface area contributed by atoms with Crippen LogP contribution in [0.1, 0.15) is 59.9 Å². The van der Waals surface area contributed by atoms with Crippen LogP contribution in [0.2, 0.25) is 0 Å². The van der Waals surface area contributed by atoms with Crippen LogP contribution >= 0.6 is 0 Å². The van der Waals surface area contributed by atoms with Gasteiger partial charge in [0.05, 0.1) is 6.42 Å². The molecule has 154 valence electrons. The Morgan fingerprint density at radius 3 is 2.11 bits per heavy atom. The normalized spacial score (nSPS) is 10.0. The lowest BCUT2D eigenvalue weighted by Gasteiger charge is -2.10. The minimum absolute atomic E-state index is 0.243. The average Bonchev–Trinajstić information content (AvgIpc) is 2.65. The third kappa shape index (κ3) is 15.3. The lowest BCUT2D eigenvalue weighted by Crippen LogP contribution is -2.28. The maximum Gasteiger partial charge on any atom is 0.341 e. The number of benzene rings is 1. The molecule has 0 bridgehead atoms. The van der Waals surface area contributed by atoms with Gasteiger partial charge in [-0.25, -0.2) is 4.79 Å². The van der Waals surface area contributed by atoms with Crippen molar-refractivity contribution in [3.63, 3.8) is 0 Å². The number of allylic oxidation sites excluding steroid dienone is 1. The number of hydrogen-bond donors (Lipinski definition) is 3. The zero-order valence-corrected chi connectivity index (χ0v) is 16.9. The molecule has 0 heterocycles. The number of esters is 1. The van der Waals surface area contributed by atoms with E-state index in [2.05, 4.69) is 13.8 Å². The molecule has 0 saturated heterocycles. The monoisotopic (exact) mass is 384 g/mol. The highest BCUT2D eigenvalue weighted by molar-refractivity contribution is 5.83. The summed E-state index contributed by atoms with van der Waals surface area (Å²) in [6, 6.07) is 3.97. The number of aliphatic hydroxyl groups excluding tert-OH is 1. The molecule has 0 spiro atoms. The van der Waals surface area contributed by atoms with E-state index in [0.717, 1.165) is 0 Å². The molecule has 1 aromatic carbocycles. The summed E-state index contributed by atoms with van der Waals surface area (Å²) in [4.78, 5) is 31.9. The maximum absolute atomic E-state index is 11.4. The van der Waals surface area contributed by atoms with Crippen molar-refractivity contribution in [2.24, 2.45) is 0 Å². The van der Waals surface area contributed by atoms with Crippen LogP contribution in [-0.2, 0) is 14.4 Å². The van der Waals surface area contributed by atoms with Crippen molar-refractivity contribution in [1.82, 2.24) is 0 Å². The summed E-state index contributed by atoms with van der Waals surface area (Å²) >= 11 is 0. The third-order valence-electron chi connectivity index (χ3n) is 2.20. The quantitative estimate of drug-likeness (QED) is 0.295. The fourth-order valence-corrected chi connectivity index (χ4v) is 1.29. The van der Waals surface area contributed by atoms with E-state index < -0.39 is 24.5 Å². The number of carbonyl (C=O) groups is 3. The number of aldehydes is 1. The Hall–Kier alpha value is -2.67. The van der Waals surface area contributed by atoms with E-state index in [1.165, 1.54) is 36.8 Å². The van der Waals surface area contributed by atoms with Crippen molar-refractivity contribution >= 4 is 24.3 Å². The molecule has 7 nitrogen and oxygen atoms in total. The summed E-state index contributed by atoms with van der Waals surface area (Å²) in [6.07, 6.45) is 1.79. The number of aromatic hydroxyl groups is 1. The molecule has 0 radical (unpaired) electrons. The first-order chi connectivity index (χ1) is 12.8. The second kappa shape index (κ2) is 19.7. The summed E-state index contributed by atoms with van der Waals surface area (Å²) in [5, 5.41) is 27.2. The zero-order valence-electron chi connectivity index (χ0n) is 16.9. The van der Waals surface area contributed by atoms with Crippen molar-refractivity contribution in [3.8, 4) is 11.5 Å². The molecule has 1 aromatic rings. The van der Waals surface area contributed by atoms with E-state index in [9.17, 15) is 24.6 Å². The number of carbonyl (C=O) groups excluding carboxylic acids is 2. The van der Waals surface area contributed by atoms with Crippen LogP contribution in [0.3, 0.4) is 0 Å². The van der Waals surface area contributed by atoms with E-state index in [4.69, 9.17) is 9.84 Å². The summed E-state index contributed by atoms with van der Waals surface area (Å²) in [5.74, 6) is -3.16. The van der Waals surface area contributed by atoms with E-state index in [-0.39, 0.29) is 11.5 Å². The largest absolute Gasteiger partial charge is 0.504 e. The van der Waals surface area contributed by atoms with Crippen LogP contribution in [0.5, 0.6) is 11.5 Å². The zero-order chi connectivity index (χ0) is 21.8. The number of phenolic OH excluding ortho intramolecular Hbond substituents is 1. The van der Waals surface area contributed by atoms with Crippen LogP contribution in [0.25, 0.3) is 6.08 Å². The van der Waals surface area contributed by atoms with Crippen LogP contribution in [0.15, 0.2) is 24.3 Å². The van der Waals surface area contributed by atoms with Gasteiger partial charge in [0.15, 0.2) is 17.6 Å². The van der Waals surface area contributed by atoms with E-state index in [1.807, 2.05) is 27.7 Å². The van der Waals surface area contributed by atoms with E-state index in [0.29, 0.717) is 11.8 Å². The lowest BCUT2D eigenvalue weighted by atomic mass is 10.2. The Kier molecular flexibility index (Phi) is 21.2. The van der Waals surface area contributed by atoms with Gasteiger partial charge in [0, 0.05) is 0 Å². The highest BCUT2D eigenvalue weighted by atomic mass is 16.6. The predicted molar refractivity (Wildman–Crippen MR) is 106 cm³/mol. The molecule has 0 aliphatic carbocycles. The molecular weight excluding hydrogens is 352 g/mol. The Morgan fingerprint density at radius 1 is 1.15 bits per heavy atom. The van der Waals surface area contributed by atoms with Gasteiger partial charge in [-0.05, 0) is 23.8 Å². The van der Waals surface area contributed by atoms with Gasteiger partial charge in [0.25, 0.3) is 0 Å². The van der Waals surface area contributed by atoms with Crippen molar-refractivity contribution in [2.75, 3.05) is 0 Å². The summed E-state index contributed by atoms with van der Waals surface area (Å²) in [6.45, 7) is 12.2. The molecular formula is C20H32O7. The van der Waals surface area contributed by atoms with Crippen molar-refractivity contribution < 1.29 is 34.4 Å². The first-order valence-electron chi connectivity index (χ1n) is 8.92. The van der Waals surface area contributed by atoms with Crippen LogP contribution in [0.4, 0.5) is 0 Å². The number of ether oxygens (including phenoxy) is 1. The first-order valence-corrected chi connectivity index (χ1v) is 8.92. The fraction of sp³-hybridized carbons (Fsp3) is 0.450. The fourth-order valence-electron chi connectivity index (χ4n) is 1.29. The molecule has 0 fully saturated rings. The van der Waals surface area contributed by atoms with Crippen molar-refractivity contribution in [1.29, 1.82) is 0 Å². The van der Waals surface area contributed by atoms with Gasteiger partial charge < -0.3 is 20.1 Å². The SMILES string of the molecule is CC.CC.CCC.O=C/C=C/c1ccc(O)c(OC(=O)C(O)CC(=O)O)c1. The Morgan fingerprint density at radius 2 is 1.67 bits per heavy atom. The lowest BCUT2D eigenvalue weighted by molar-refractivity contribution is -0.151. The maximum atomic E-state index is 11.4. The number of phenols is 1. The Labute approximate surface area is 161 Å². The molecule has 0 amide bonds. The second-order valence-corrected chi connectivity index (χ2v) is 4.46. The molecule has 27 heavy (non-hydrogen) atoms. The first kappa shape index (κ1) is 29.1. The number of carboxylic acids is 1. The van der Waals surface area contributed by atoms with Crippen LogP contribution in [-0.4, -0.2) is 39.6 Å². The summed E-state index contributed by atoms with van der Waals surface area (Å²) in [5.41, 5.74) is 0.477. The van der Waals surface area contributed by atoms with Gasteiger partial charge in [-0.1, -0.05) is 60.1 Å². The average molecular weight is 384 g/mol. The predicted octanol–water partition coefficient (Wildman–Crippen LogP) is 3.81. The number of carboxylic acid groups (broad SMARTS) is 1. The highest BCUT2D eigenvalue weighted by Gasteiger charge is 2.21. The summed E-state index contributed by atoms with van der Waals surface area (Å²) < 4.78 is 4.70. The van der Waals surface area contributed by atoms with E-state index in [1.54, 1.807) is 0 Å². The molecule has 0 saturated carbocycles. The second-order valence-electron chi connectivity index (χ2n) is 4.46. The van der Waals surface area contributed by atoms with Gasteiger partial charge in [-0.15, -0.1) is 0 Å². The van der Waals surface area contributed by atoms with Crippen LogP contribution < -0.4 is 4.74 Å². The minimum Gasteiger partial charge on any atom is -0.504 e. The summed E-state index contributed by atoms with van der Waals surface area (Å²) in [7, 11) is 0. The molecule has 7 heteroatoms. The standard InChI is InChI=1S/C13H12O7.C3H8.2C2H6/c14-5-1-2-8-3-4-9(15)11(6-8)20-13(19)10(16)7-12(17)18;1-3-2;2*1-2/h1-6,10,15-16H,7H2,(H,17,18);3H2,1-2H3;2*1-2H3/b2-1+;;;. The minimum atomic E-state index is -1.83. The Balaban J connectivity index is -0.000000725. The van der Waals surface area contributed by atoms with Gasteiger partial charge in [-0.2, -0.15) is 0 Å². The topological polar surface area (TPSA) is 121 Å².